The molecule has 1 aliphatic heterocycles. The van der Waals surface area contributed by atoms with Crippen molar-refractivity contribution in [1.82, 2.24) is 4.90 Å². The molecule has 0 radical (unpaired) electrons. The number of carboxylic acid groups (broad SMARTS) is 1. The molecule has 0 aromatic rings. The van der Waals surface area contributed by atoms with Gasteiger partial charge in [0, 0.05) is 13.1 Å². The SMILES string of the molecule is CCC1CC(C(=O)O)C(C(=O)N2CCC(C)(C(N)=O)C2)C1. The van der Waals surface area contributed by atoms with Crippen molar-refractivity contribution in [2.75, 3.05) is 13.1 Å². The first-order chi connectivity index (χ1) is 9.78. The third-order valence-corrected chi connectivity index (χ3v) is 5.25. The van der Waals surface area contributed by atoms with Crippen LogP contribution in [0.5, 0.6) is 0 Å². The molecule has 0 aromatic carbocycles. The van der Waals surface area contributed by atoms with Crippen LogP contribution in [0.25, 0.3) is 0 Å². The molecule has 3 N–H and O–H groups in total. The number of nitrogens with zero attached hydrogens (tertiary/aromatic N) is 1. The quantitative estimate of drug-likeness (QED) is 0.803. The van der Waals surface area contributed by atoms with Gasteiger partial charge in [0.2, 0.25) is 11.8 Å². The number of nitrogens with two attached hydrogens (primary N) is 1. The van der Waals surface area contributed by atoms with Crippen molar-refractivity contribution in [1.29, 1.82) is 0 Å². The zero-order valence-corrected chi connectivity index (χ0v) is 12.7. The lowest BCUT2D eigenvalue weighted by atomic mass is 9.89. The van der Waals surface area contributed by atoms with E-state index in [-0.39, 0.29) is 5.91 Å². The number of carboxylic acids is 1. The normalized spacial score (nSPS) is 35.9. The van der Waals surface area contributed by atoms with Crippen LogP contribution >= 0.6 is 0 Å². The van der Waals surface area contributed by atoms with E-state index in [0.29, 0.717) is 38.3 Å². The van der Waals surface area contributed by atoms with Gasteiger partial charge in [0.1, 0.15) is 0 Å². The van der Waals surface area contributed by atoms with Gasteiger partial charge < -0.3 is 15.7 Å². The largest absolute Gasteiger partial charge is 0.481 e. The van der Waals surface area contributed by atoms with Crippen LogP contribution < -0.4 is 5.73 Å². The molecular weight excluding hydrogens is 272 g/mol. The van der Waals surface area contributed by atoms with Crippen LogP contribution in [0.1, 0.15) is 39.5 Å². The Labute approximate surface area is 124 Å². The van der Waals surface area contributed by atoms with Crippen molar-refractivity contribution in [3.8, 4) is 0 Å². The van der Waals surface area contributed by atoms with Gasteiger partial charge in [-0.15, -0.1) is 0 Å². The molecule has 6 heteroatoms. The van der Waals surface area contributed by atoms with Crippen molar-refractivity contribution in [3.63, 3.8) is 0 Å². The molecule has 1 heterocycles. The topological polar surface area (TPSA) is 101 Å². The Balaban J connectivity index is 2.09. The zero-order valence-electron chi connectivity index (χ0n) is 12.7. The van der Waals surface area contributed by atoms with Crippen LogP contribution in [0.4, 0.5) is 0 Å². The number of rotatable bonds is 4. The molecule has 6 nitrogen and oxygen atoms in total. The Morgan fingerprint density at radius 1 is 1.29 bits per heavy atom. The minimum Gasteiger partial charge on any atom is -0.481 e. The molecule has 1 aliphatic carbocycles. The average molecular weight is 296 g/mol. The van der Waals surface area contributed by atoms with E-state index in [4.69, 9.17) is 5.73 Å². The lowest BCUT2D eigenvalue weighted by molar-refractivity contribution is -0.149. The molecule has 0 aromatic heterocycles. The number of aliphatic carboxylic acids is 1. The molecule has 2 aliphatic rings. The zero-order chi connectivity index (χ0) is 15.8. The smallest absolute Gasteiger partial charge is 0.307 e. The number of hydrogen-bond donors (Lipinski definition) is 2. The summed E-state index contributed by atoms with van der Waals surface area (Å²) < 4.78 is 0. The second-order valence-electron chi connectivity index (χ2n) is 6.73. The van der Waals surface area contributed by atoms with Gasteiger partial charge >= 0.3 is 5.97 Å². The lowest BCUT2D eigenvalue weighted by Gasteiger charge is -2.25. The molecule has 1 saturated carbocycles. The molecular formula is C15H24N2O4. The van der Waals surface area contributed by atoms with Crippen molar-refractivity contribution < 1.29 is 19.5 Å². The van der Waals surface area contributed by atoms with E-state index in [1.54, 1.807) is 11.8 Å². The van der Waals surface area contributed by atoms with Gasteiger partial charge in [0.15, 0.2) is 0 Å². The van der Waals surface area contributed by atoms with E-state index >= 15 is 0 Å². The van der Waals surface area contributed by atoms with Crippen LogP contribution in [0.15, 0.2) is 0 Å². The first-order valence-corrected chi connectivity index (χ1v) is 7.60. The van der Waals surface area contributed by atoms with E-state index < -0.39 is 29.1 Å². The molecule has 2 rings (SSSR count). The Hall–Kier alpha value is -1.59. The van der Waals surface area contributed by atoms with E-state index in [1.165, 1.54) is 0 Å². The van der Waals surface area contributed by atoms with Gasteiger partial charge in [-0.05, 0) is 32.1 Å². The molecule has 2 fully saturated rings. The predicted octanol–water partition coefficient (Wildman–Crippen LogP) is 0.847. The summed E-state index contributed by atoms with van der Waals surface area (Å²) in [6.07, 6.45) is 2.65. The molecule has 4 atom stereocenters. The van der Waals surface area contributed by atoms with E-state index in [9.17, 15) is 19.5 Å². The Morgan fingerprint density at radius 2 is 1.90 bits per heavy atom. The number of carbonyl (C=O) groups is 3. The van der Waals surface area contributed by atoms with Gasteiger partial charge in [0.25, 0.3) is 0 Å². The van der Waals surface area contributed by atoms with Crippen molar-refractivity contribution >= 4 is 17.8 Å². The fourth-order valence-electron chi connectivity index (χ4n) is 3.61. The number of primary amides is 1. The minimum atomic E-state index is -0.888. The highest BCUT2D eigenvalue weighted by molar-refractivity contribution is 5.87. The first kappa shape index (κ1) is 15.8. The Kier molecular flexibility index (Phi) is 4.25. The van der Waals surface area contributed by atoms with E-state index in [1.807, 2.05) is 6.92 Å². The van der Waals surface area contributed by atoms with E-state index in [2.05, 4.69) is 0 Å². The molecule has 2 amide bonds. The van der Waals surface area contributed by atoms with Gasteiger partial charge in [0.05, 0.1) is 17.3 Å². The van der Waals surface area contributed by atoms with E-state index in [0.717, 1.165) is 6.42 Å². The number of likely N-dealkylation sites (tertiary alicyclic amines) is 1. The monoisotopic (exact) mass is 296 g/mol. The predicted molar refractivity (Wildman–Crippen MR) is 76.1 cm³/mol. The molecule has 118 valence electrons. The summed E-state index contributed by atoms with van der Waals surface area (Å²) >= 11 is 0. The molecule has 4 unspecified atom stereocenters. The highest BCUT2D eigenvalue weighted by Crippen LogP contribution is 2.41. The minimum absolute atomic E-state index is 0.122. The van der Waals surface area contributed by atoms with Gasteiger partial charge in [-0.1, -0.05) is 13.3 Å². The van der Waals surface area contributed by atoms with Gasteiger partial charge in [-0.2, -0.15) is 0 Å². The van der Waals surface area contributed by atoms with Crippen LogP contribution in [0.3, 0.4) is 0 Å². The summed E-state index contributed by atoms with van der Waals surface area (Å²) in [5.41, 5.74) is 4.71. The van der Waals surface area contributed by atoms with Gasteiger partial charge in [-0.3, -0.25) is 14.4 Å². The molecule has 0 bridgehead atoms. The maximum atomic E-state index is 12.6. The molecule has 0 spiro atoms. The van der Waals surface area contributed by atoms with Crippen molar-refractivity contribution in [3.05, 3.63) is 0 Å². The highest BCUT2D eigenvalue weighted by atomic mass is 16.4. The Bertz CT molecular complexity index is 465. The van der Waals surface area contributed by atoms with Crippen molar-refractivity contribution in [2.45, 2.75) is 39.5 Å². The maximum absolute atomic E-state index is 12.6. The summed E-state index contributed by atoms with van der Waals surface area (Å²) in [5, 5.41) is 9.33. The van der Waals surface area contributed by atoms with Crippen LogP contribution in [0.2, 0.25) is 0 Å². The van der Waals surface area contributed by atoms with Gasteiger partial charge in [-0.25, -0.2) is 0 Å². The second kappa shape index (κ2) is 5.66. The average Bonchev–Trinajstić information content (AvgIpc) is 3.02. The summed E-state index contributed by atoms with van der Waals surface area (Å²) in [5.74, 6) is -2.16. The first-order valence-electron chi connectivity index (χ1n) is 7.60. The maximum Gasteiger partial charge on any atom is 0.307 e. The fourth-order valence-corrected chi connectivity index (χ4v) is 3.61. The Morgan fingerprint density at radius 3 is 2.38 bits per heavy atom. The van der Waals surface area contributed by atoms with Crippen LogP contribution in [-0.2, 0) is 14.4 Å². The summed E-state index contributed by atoms with van der Waals surface area (Å²) in [6.45, 7) is 4.58. The highest BCUT2D eigenvalue weighted by Gasteiger charge is 2.47. The standard InChI is InChI=1S/C15H24N2O4/c1-3-9-6-10(11(7-9)13(19)20)12(18)17-5-4-15(2,8-17)14(16)21/h9-11H,3-8H2,1-2H3,(H2,16,21)(H,19,20). The number of hydrogen-bond acceptors (Lipinski definition) is 3. The summed E-state index contributed by atoms with van der Waals surface area (Å²) in [4.78, 5) is 37.1. The third kappa shape index (κ3) is 2.89. The fraction of sp³-hybridized carbons (Fsp3) is 0.800. The van der Waals surface area contributed by atoms with Crippen molar-refractivity contribution in [2.24, 2.45) is 28.9 Å². The molecule has 1 saturated heterocycles. The van der Waals surface area contributed by atoms with Crippen LogP contribution in [-0.4, -0.2) is 40.9 Å². The van der Waals surface area contributed by atoms with Crippen LogP contribution in [0, 0.1) is 23.2 Å². The summed E-state index contributed by atoms with van der Waals surface area (Å²) in [6, 6.07) is 0. The molecule has 21 heavy (non-hydrogen) atoms. The number of carbonyl (C=O) groups excluding carboxylic acids is 2. The third-order valence-electron chi connectivity index (χ3n) is 5.25. The number of amides is 2. The summed E-state index contributed by atoms with van der Waals surface area (Å²) in [7, 11) is 0. The second-order valence-corrected chi connectivity index (χ2v) is 6.73. The lowest BCUT2D eigenvalue weighted by Crippen LogP contribution is -2.42.